The standard InChI is InChI=1S/C4H10N2O2/c5-3-6-4(1-7)2-8/h1,4,6,8H,2-3,5H2/t4-/m1/s1. The summed E-state index contributed by atoms with van der Waals surface area (Å²) in [4.78, 5) is 9.85. The highest BCUT2D eigenvalue weighted by atomic mass is 16.3. The van der Waals surface area contributed by atoms with Crippen LogP contribution < -0.4 is 11.1 Å². The van der Waals surface area contributed by atoms with Crippen LogP contribution in [-0.2, 0) is 4.79 Å². The number of hydrogen-bond donors (Lipinski definition) is 3. The van der Waals surface area contributed by atoms with E-state index in [-0.39, 0.29) is 13.3 Å². The molecular weight excluding hydrogens is 108 g/mol. The largest absolute Gasteiger partial charge is 0.394 e. The molecule has 0 saturated heterocycles. The van der Waals surface area contributed by atoms with E-state index in [4.69, 9.17) is 10.8 Å². The van der Waals surface area contributed by atoms with Gasteiger partial charge in [-0.3, -0.25) is 5.32 Å². The zero-order valence-corrected chi connectivity index (χ0v) is 4.50. The molecule has 0 aliphatic carbocycles. The lowest BCUT2D eigenvalue weighted by atomic mass is 10.4. The van der Waals surface area contributed by atoms with Gasteiger partial charge in [0.05, 0.1) is 12.6 Å². The first kappa shape index (κ1) is 7.55. The van der Waals surface area contributed by atoms with E-state index in [9.17, 15) is 4.79 Å². The van der Waals surface area contributed by atoms with Gasteiger partial charge < -0.3 is 15.6 Å². The Morgan fingerprint density at radius 3 is 2.62 bits per heavy atom. The van der Waals surface area contributed by atoms with Gasteiger partial charge in [0.1, 0.15) is 6.29 Å². The number of rotatable bonds is 4. The Bertz CT molecular complexity index is 67.1. The van der Waals surface area contributed by atoms with Crippen molar-refractivity contribution in [2.24, 2.45) is 5.73 Å². The zero-order chi connectivity index (χ0) is 6.41. The van der Waals surface area contributed by atoms with Gasteiger partial charge in [0.2, 0.25) is 0 Å². The summed E-state index contributed by atoms with van der Waals surface area (Å²) in [7, 11) is 0. The van der Waals surface area contributed by atoms with Crippen molar-refractivity contribution in [2.75, 3.05) is 13.3 Å². The highest BCUT2D eigenvalue weighted by Crippen LogP contribution is 1.69. The quantitative estimate of drug-likeness (QED) is 0.296. The molecule has 0 spiro atoms. The molecule has 0 radical (unpaired) electrons. The molecule has 0 fully saturated rings. The van der Waals surface area contributed by atoms with Gasteiger partial charge in [0.25, 0.3) is 0 Å². The van der Waals surface area contributed by atoms with Crippen molar-refractivity contribution in [1.29, 1.82) is 0 Å². The minimum absolute atomic E-state index is 0.194. The normalized spacial score (nSPS) is 13.2. The van der Waals surface area contributed by atoms with Gasteiger partial charge in [-0.25, -0.2) is 0 Å². The van der Waals surface area contributed by atoms with Gasteiger partial charge in [-0.15, -0.1) is 0 Å². The fraction of sp³-hybridized carbons (Fsp3) is 0.750. The van der Waals surface area contributed by atoms with E-state index in [0.29, 0.717) is 6.29 Å². The van der Waals surface area contributed by atoms with Crippen LogP contribution in [0.25, 0.3) is 0 Å². The molecule has 0 amide bonds. The predicted octanol–water partition coefficient (Wildman–Crippen LogP) is -1.95. The highest BCUT2D eigenvalue weighted by Gasteiger charge is 1.99. The maximum atomic E-state index is 9.85. The molecule has 0 unspecified atom stereocenters. The van der Waals surface area contributed by atoms with E-state index in [2.05, 4.69) is 5.32 Å². The number of hydrogen-bond acceptors (Lipinski definition) is 4. The van der Waals surface area contributed by atoms with Crippen LogP contribution in [0.4, 0.5) is 0 Å². The molecule has 0 aliphatic heterocycles. The van der Waals surface area contributed by atoms with Crippen LogP contribution in [0, 0.1) is 0 Å². The van der Waals surface area contributed by atoms with Crippen LogP contribution in [0.3, 0.4) is 0 Å². The molecule has 4 N–H and O–H groups in total. The van der Waals surface area contributed by atoms with E-state index in [1.54, 1.807) is 0 Å². The number of aliphatic hydroxyl groups excluding tert-OH is 1. The van der Waals surface area contributed by atoms with Gasteiger partial charge in [0.15, 0.2) is 0 Å². The van der Waals surface area contributed by atoms with Crippen molar-refractivity contribution in [3.63, 3.8) is 0 Å². The molecular formula is C4H10N2O2. The highest BCUT2D eigenvalue weighted by molar-refractivity contribution is 5.57. The van der Waals surface area contributed by atoms with E-state index in [1.807, 2.05) is 0 Å². The Balaban J connectivity index is 3.21. The summed E-state index contributed by atoms with van der Waals surface area (Å²) < 4.78 is 0. The summed E-state index contributed by atoms with van der Waals surface area (Å²) >= 11 is 0. The number of aldehydes is 1. The third-order valence-corrected chi connectivity index (χ3v) is 0.741. The zero-order valence-electron chi connectivity index (χ0n) is 4.50. The molecule has 0 aromatic carbocycles. The number of nitrogens with two attached hydrogens (primary N) is 1. The molecule has 4 heteroatoms. The molecule has 0 rings (SSSR count). The van der Waals surface area contributed by atoms with Gasteiger partial charge in [-0.2, -0.15) is 0 Å². The van der Waals surface area contributed by atoms with Crippen molar-refractivity contribution < 1.29 is 9.90 Å². The second-order valence-corrected chi connectivity index (χ2v) is 1.33. The van der Waals surface area contributed by atoms with E-state index in [1.165, 1.54) is 0 Å². The Morgan fingerprint density at radius 1 is 1.88 bits per heavy atom. The maximum absolute atomic E-state index is 9.85. The molecule has 0 heterocycles. The molecule has 1 atom stereocenters. The van der Waals surface area contributed by atoms with Crippen LogP contribution in [0.5, 0.6) is 0 Å². The van der Waals surface area contributed by atoms with Gasteiger partial charge >= 0.3 is 0 Å². The summed E-state index contributed by atoms with van der Waals surface area (Å²) in [6.07, 6.45) is 0.618. The lowest BCUT2D eigenvalue weighted by molar-refractivity contribution is -0.110. The Kier molecular flexibility index (Phi) is 4.44. The first-order valence-corrected chi connectivity index (χ1v) is 2.34. The van der Waals surface area contributed by atoms with Gasteiger partial charge in [-0.05, 0) is 0 Å². The van der Waals surface area contributed by atoms with Crippen LogP contribution in [0.15, 0.2) is 0 Å². The molecule has 8 heavy (non-hydrogen) atoms. The van der Waals surface area contributed by atoms with Crippen LogP contribution >= 0.6 is 0 Å². The molecule has 0 bridgehead atoms. The number of aliphatic hydroxyl groups is 1. The minimum atomic E-state index is -0.500. The van der Waals surface area contributed by atoms with Gasteiger partial charge in [-0.1, -0.05) is 0 Å². The third-order valence-electron chi connectivity index (χ3n) is 0.741. The van der Waals surface area contributed by atoms with Crippen molar-refractivity contribution in [2.45, 2.75) is 6.04 Å². The van der Waals surface area contributed by atoms with Crippen LogP contribution in [-0.4, -0.2) is 30.7 Å². The topological polar surface area (TPSA) is 75.3 Å². The molecule has 0 aromatic heterocycles. The Labute approximate surface area is 47.7 Å². The lowest BCUT2D eigenvalue weighted by Gasteiger charge is -2.04. The average molecular weight is 118 g/mol. The smallest absolute Gasteiger partial charge is 0.139 e. The summed E-state index contributed by atoms with van der Waals surface area (Å²) in [5.41, 5.74) is 5.00. The Hall–Kier alpha value is -0.450. The molecule has 0 aliphatic rings. The first-order valence-electron chi connectivity index (χ1n) is 2.34. The fourth-order valence-electron chi connectivity index (χ4n) is 0.307. The molecule has 48 valence electrons. The first-order chi connectivity index (χ1) is 3.85. The van der Waals surface area contributed by atoms with Crippen molar-refractivity contribution >= 4 is 6.29 Å². The second-order valence-electron chi connectivity index (χ2n) is 1.33. The second kappa shape index (κ2) is 4.70. The van der Waals surface area contributed by atoms with Crippen molar-refractivity contribution in [3.05, 3.63) is 0 Å². The van der Waals surface area contributed by atoms with Crippen molar-refractivity contribution in [1.82, 2.24) is 5.32 Å². The van der Waals surface area contributed by atoms with E-state index in [0.717, 1.165) is 0 Å². The minimum Gasteiger partial charge on any atom is -0.394 e. The van der Waals surface area contributed by atoms with E-state index < -0.39 is 6.04 Å². The molecule has 0 saturated carbocycles. The lowest BCUT2D eigenvalue weighted by Crippen LogP contribution is -2.37. The number of nitrogens with one attached hydrogen (secondary N) is 1. The van der Waals surface area contributed by atoms with Crippen LogP contribution in [0.2, 0.25) is 0 Å². The maximum Gasteiger partial charge on any atom is 0.139 e. The summed E-state index contributed by atoms with van der Waals surface area (Å²) in [6, 6.07) is -0.500. The van der Waals surface area contributed by atoms with Gasteiger partial charge in [0, 0.05) is 6.67 Å². The number of carbonyl (C=O) groups is 1. The van der Waals surface area contributed by atoms with Crippen LogP contribution in [0.1, 0.15) is 0 Å². The van der Waals surface area contributed by atoms with E-state index >= 15 is 0 Å². The molecule has 0 aromatic rings. The number of carbonyl (C=O) groups excluding carboxylic acids is 1. The Morgan fingerprint density at radius 2 is 2.50 bits per heavy atom. The molecule has 4 nitrogen and oxygen atoms in total. The predicted molar refractivity (Wildman–Crippen MR) is 29.1 cm³/mol. The fourth-order valence-corrected chi connectivity index (χ4v) is 0.307. The SMILES string of the molecule is NCN[C@H](C=O)CO. The summed E-state index contributed by atoms with van der Waals surface area (Å²) in [6.45, 7) is 0.0185. The summed E-state index contributed by atoms with van der Waals surface area (Å²) in [5.74, 6) is 0. The summed E-state index contributed by atoms with van der Waals surface area (Å²) in [5, 5.41) is 10.8. The average Bonchev–Trinajstić information content (AvgIpc) is 1.83. The van der Waals surface area contributed by atoms with Crippen molar-refractivity contribution in [3.8, 4) is 0 Å². The monoisotopic (exact) mass is 118 g/mol. The third kappa shape index (κ3) is 2.68.